The minimum atomic E-state index is -3.83. The highest BCUT2D eigenvalue weighted by Crippen LogP contribution is 2.29. The molecule has 0 atom stereocenters. The first-order valence-corrected chi connectivity index (χ1v) is 8.83. The number of rotatable bonds is 5. The standard InChI is InChI=1S/C16H17ClN2O4S/c1-10-4-5-12(17)8-15(10)19-24(21,22)13-6-7-14(18-11(2)20)16(9-13)23-3/h4-9,19H,1-3H3,(H,18,20). The Morgan fingerprint density at radius 3 is 2.46 bits per heavy atom. The van der Waals surface area contributed by atoms with E-state index in [4.69, 9.17) is 16.3 Å². The van der Waals surface area contributed by atoms with Gasteiger partial charge >= 0.3 is 0 Å². The Kier molecular flexibility index (Phi) is 5.36. The van der Waals surface area contributed by atoms with Crippen LogP contribution in [0.1, 0.15) is 12.5 Å². The summed E-state index contributed by atoms with van der Waals surface area (Å²) < 4.78 is 32.8. The maximum Gasteiger partial charge on any atom is 0.262 e. The SMILES string of the molecule is COc1cc(S(=O)(=O)Nc2cc(Cl)ccc2C)ccc1NC(C)=O. The highest BCUT2D eigenvalue weighted by atomic mass is 35.5. The summed E-state index contributed by atoms with van der Waals surface area (Å²) in [6, 6.07) is 9.14. The molecular formula is C16H17ClN2O4S. The Labute approximate surface area is 145 Å². The maximum absolute atomic E-state index is 12.6. The number of sulfonamides is 1. The van der Waals surface area contributed by atoms with Gasteiger partial charge in [-0.3, -0.25) is 9.52 Å². The van der Waals surface area contributed by atoms with E-state index in [0.29, 0.717) is 16.4 Å². The summed E-state index contributed by atoms with van der Waals surface area (Å²) in [7, 11) is -2.44. The molecule has 2 rings (SSSR count). The summed E-state index contributed by atoms with van der Waals surface area (Å²) in [6.07, 6.45) is 0. The van der Waals surface area contributed by atoms with Crippen LogP contribution in [0.3, 0.4) is 0 Å². The second kappa shape index (κ2) is 7.11. The molecule has 2 aromatic carbocycles. The van der Waals surface area contributed by atoms with Crippen molar-refractivity contribution >= 4 is 38.9 Å². The molecule has 0 unspecified atom stereocenters. The van der Waals surface area contributed by atoms with Gasteiger partial charge in [-0.2, -0.15) is 0 Å². The van der Waals surface area contributed by atoms with Gasteiger partial charge in [-0.15, -0.1) is 0 Å². The Bertz CT molecular complexity index is 882. The van der Waals surface area contributed by atoms with Crippen molar-refractivity contribution in [2.24, 2.45) is 0 Å². The van der Waals surface area contributed by atoms with Crippen LogP contribution in [-0.4, -0.2) is 21.4 Å². The van der Waals surface area contributed by atoms with Gasteiger partial charge in [0.05, 0.1) is 23.4 Å². The number of anilines is 2. The van der Waals surface area contributed by atoms with Crippen molar-refractivity contribution in [2.75, 3.05) is 17.1 Å². The van der Waals surface area contributed by atoms with Gasteiger partial charge in [0.1, 0.15) is 5.75 Å². The van der Waals surface area contributed by atoms with Gasteiger partial charge in [0.25, 0.3) is 10.0 Å². The number of carbonyl (C=O) groups excluding carboxylic acids is 1. The molecule has 2 N–H and O–H groups in total. The molecule has 0 aromatic heterocycles. The molecule has 0 saturated heterocycles. The van der Waals surface area contributed by atoms with E-state index < -0.39 is 10.0 Å². The molecule has 2 aromatic rings. The average Bonchev–Trinajstić information content (AvgIpc) is 2.50. The maximum atomic E-state index is 12.6. The summed E-state index contributed by atoms with van der Waals surface area (Å²) >= 11 is 5.91. The van der Waals surface area contributed by atoms with E-state index in [2.05, 4.69) is 10.0 Å². The molecule has 0 aliphatic rings. The van der Waals surface area contributed by atoms with Crippen molar-refractivity contribution in [3.05, 3.63) is 47.0 Å². The summed E-state index contributed by atoms with van der Waals surface area (Å²) in [5, 5.41) is 3.00. The van der Waals surface area contributed by atoms with E-state index in [0.717, 1.165) is 5.56 Å². The molecule has 8 heteroatoms. The van der Waals surface area contributed by atoms with Gasteiger partial charge in [0, 0.05) is 18.0 Å². The lowest BCUT2D eigenvalue weighted by Crippen LogP contribution is -2.14. The zero-order valence-corrected chi connectivity index (χ0v) is 15.0. The second-order valence-electron chi connectivity index (χ2n) is 5.11. The quantitative estimate of drug-likeness (QED) is 0.846. The number of nitrogens with one attached hydrogen (secondary N) is 2. The molecule has 6 nitrogen and oxygen atoms in total. The average molecular weight is 369 g/mol. The molecule has 24 heavy (non-hydrogen) atoms. The largest absolute Gasteiger partial charge is 0.495 e. The Hall–Kier alpha value is -2.25. The number of methoxy groups -OCH3 is 1. The molecule has 0 radical (unpaired) electrons. The third-order valence-corrected chi connectivity index (χ3v) is 4.84. The first kappa shape index (κ1) is 18.1. The van der Waals surface area contributed by atoms with Crippen LogP contribution in [0.5, 0.6) is 5.75 Å². The zero-order valence-electron chi connectivity index (χ0n) is 13.4. The van der Waals surface area contributed by atoms with Crippen molar-refractivity contribution in [1.29, 1.82) is 0 Å². The summed E-state index contributed by atoms with van der Waals surface area (Å²) in [5.41, 5.74) is 1.53. The fourth-order valence-corrected chi connectivity index (χ4v) is 3.35. The monoisotopic (exact) mass is 368 g/mol. The highest BCUT2D eigenvalue weighted by Gasteiger charge is 2.18. The van der Waals surface area contributed by atoms with Crippen molar-refractivity contribution < 1.29 is 17.9 Å². The normalized spacial score (nSPS) is 11.0. The Morgan fingerprint density at radius 2 is 1.83 bits per heavy atom. The second-order valence-corrected chi connectivity index (χ2v) is 7.23. The number of hydrogen-bond acceptors (Lipinski definition) is 4. The van der Waals surface area contributed by atoms with E-state index in [1.165, 1.54) is 38.3 Å². The molecular weight excluding hydrogens is 352 g/mol. The van der Waals surface area contributed by atoms with Crippen LogP contribution in [0.25, 0.3) is 0 Å². The van der Waals surface area contributed by atoms with E-state index in [-0.39, 0.29) is 16.6 Å². The minimum Gasteiger partial charge on any atom is -0.495 e. The van der Waals surface area contributed by atoms with Crippen LogP contribution in [0.15, 0.2) is 41.3 Å². The summed E-state index contributed by atoms with van der Waals surface area (Å²) in [6.45, 7) is 3.13. The van der Waals surface area contributed by atoms with Gasteiger partial charge < -0.3 is 10.1 Å². The van der Waals surface area contributed by atoms with Gasteiger partial charge in [-0.05, 0) is 36.8 Å². The highest BCUT2D eigenvalue weighted by molar-refractivity contribution is 7.92. The number of amides is 1. The van der Waals surface area contributed by atoms with E-state index in [1.54, 1.807) is 19.1 Å². The van der Waals surface area contributed by atoms with E-state index >= 15 is 0 Å². The summed E-state index contributed by atoms with van der Waals surface area (Å²) in [5.74, 6) is -0.0347. The Morgan fingerprint density at radius 1 is 1.12 bits per heavy atom. The zero-order chi connectivity index (χ0) is 17.9. The van der Waals surface area contributed by atoms with Gasteiger partial charge in [0.2, 0.25) is 5.91 Å². The third kappa shape index (κ3) is 4.18. The fraction of sp³-hybridized carbons (Fsp3) is 0.188. The van der Waals surface area contributed by atoms with Crippen LogP contribution in [0.2, 0.25) is 5.02 Å². The van der Waals surface area contributed by atoms with Crippen molar-refractivity contribution in [3.8, 4) is 5.75 Å². The lowest BCUT2D eigenvalue weighted by atomic mass is 10.2. The molecule has 0 bridgehead atoms. The molecule has 0 heterocycles. The van der Waals surface area contributed by atoms with Crippen LogP contribution < -0.4 is 14.8 Å². The van der Waals surface area contributed by atoms with Crippen molar-refractivity contribution in [2.45, 2.75) is 18.7 Å². The van der Waals surface area contributed by atoms with Crippen LogP contribution in [0.4, 0.5) is 11.4 Å². The number of benzene rings is 2. The topological polar surface area (TPSA) is 84.5 Å². The number of aryl methyl sites for hydroxylation is 1. The van der Waals surface area contributed by atoms with Crippen molar-refractivity contribution in [3.63, 3.8) is 0 Å². The summed E-state index contributed by atoms with van der Waals surface area (Å²) in [4.78, 5) is 11.2. The molecule has 0 saturated carbocycles. The van der Waals surface area contributed by atoms with Gasteiger partial charge in [-0.25, -0.2) is 8.42 Å². The van der Waals surface area contributed by atoms with Gasteiger partial charge in [-0.1, -0.05) is 17.7 Å². The molecule has 128 valence electrons. The predicted octanol–water partition coefficient (Wildman–Crippen LogP) is 3.42. The molecule has 0 aliphatic heterocycles. The number of hydrogen-bond donors (Lipinski definition) is 2. The van der Waals surface area contributed by atoms with Gasteiger partial charge in [0.15, 0.2) is 0 Å². The molecule has 0 spiro atoms. The number of halogens is 1. The third-order valence-electron chi connectivity index (χ3n) is 3.24. The molecule has 0 aliphatic carbocycles. The smallest absolute Gasteiger partial charge is 0.262 e. The van der Waals surface area contributed by atoms with Crippen LogP contribution >= 0.6 is 11.6 Å². The number of ether oxygens (including phenoxy) is 1. The predicted molar refractivity (Wildman–Crippen MR) is 94.3 cm³/mol. The van der Waals surface area contributed by atoms with E-state index in [9.17, 15) is 13.2 Å². The first-order valence-electron chi connectivity index (χ1n) is 6.97. The lowest BCUT2D eigenvalue weighted by Gasteiger charge is -2.14. The fourth-order valence-electron chi connectivity index (χ4n) is 2.04. The minimum absolute atomic E-state index is 0.00725. The van der Waals surface area contributed by atoms with Crippen LogP contribution in [0, 0.1) is 6.92 Å². The molecule has 0 fully saturated rings. The first-order chi connectivity index (χ1) is 11.2. The molecule has 1 amide bonds. The Balaban J connectivity index is 2.38. The number of carbonyl (C=O) groups is 1. The van der Waals surface area contributed by atoms with E-state index in [1.807, 2.05) is 0 Å². The lowest BCUT2D eigenvalue weighted by molar-refractivity contribution is -0.114. The van der Waals surface area contributed by atoms with Crippen LogP contribution in [-0.2, 0) is 14.8 Å². The van der Waals surface area contributed by atoms with Crippen molar-refractivity contribution in [1.82, 2.24) is 0 Å².